The van der Waals surface area contributed by atoms with Crippen LogP contribution in [0.1, 0.15) is 11.1 Å². The Hall–Kier alpha value is -2.62. The Morgan fingerprint density at radius 3 is 2.18 bits per heavy atom. The van der Waals surface area contributed by atoms with Crippen molar-refractivity contribution >= 4 is 32.4 Å². The molecule has 3 rings (SSSR count). The molecule has 3 aromatic rings. The summed E-state index contributed by atoms with van der Waals surface area (Å²) in [4.78, 5) is 12.4. The minimum Gasteiger partial charge on any atom is -0.299 e. The zero-order chi connectivity index (χ0) is 20.3. The van der Waals surface area contributed by atoms with Gasteiger partial charge >= 0.3 is 0 Å². The number of amides is 1. The molecule has 1 heterocycles. The van der Waals surface area contributed by atoms with Crippen LogP contribution in [0.5, 0.6) is 0 Å². The second-order valence-corrected chi connectivity index (χ2v) is 9.42. The summed E-state index contributed by atoms with van der Waals surface area (Å²) in [5.41, 5.74) is 3.00. The molecule has 146 valence electrons. The van der Waals surface area contributed by atoms with Crippen LogP contribution in [0.4, 0.5) is 5.13 Å². The van der Waals surface area contributed by atoms with Gasteiger partial charge in [0.1, 0.15) is 5.01 Å². The number of likely N-dealkylation sites (N-methyl/N-ethyl adjacent to an activating group) is 1. The largest absolute Gasteiger partial charge is 0.299 e. The van der Waals surface area contributed by atoms with Crippen LogP contribution in [-0.2, 0) is 14.8 Å². The first-order chi connectivity index (χ1) is 13.3. The van der Waals surface area contributed by atoms with Gasteiger partial charge in [-0.3, -0.25) is 10.1 Å². The third kappa shape index (κ3) is 4.61. The van der Waals surface area contributed by atoms with Gasteiger partial charge in [0, 0.05) is 12.6 Å². The molecule has 9 heteroatoms. The summed E-state index contributed by atoms with van der Waals surface area (Å²) in [6.45, 7) is 3.55. The number of hydrogen-bond acceptors (Lipinski definition) is 6. The number of aryl methyl sites for hydroxylation is 2. The van der Waals surface area contributed by atoms with E-state index in [0.717, 1.165) is 21.0 Å². The lowest BCUT2D eigenvalue weighted by Crippen LogP contribution is -2.34. The summed E-state index contributed by atoms with van der Waals surface area (Å²) < 4.78 is 26.1. The lowest BCUT2D eigenvalue weighted by atomic mass is 10.2. The second-order valence-electron chi connectivity index (χ2n) is 6.40. The second kappa shape index (κ2) is 8.17. The van der Waals surface area contributed by atoms with Crippen LogP contribution >= 0.6 is 11.3 Å². The molecule has 1 amide bonds. The average Bonchev–Trinajstić information content (AvgIpc) is 3.10. The van der Waals surface area contributed by atoms with Crippen molar-refractivity contribution in [2.24, 2.45) is 0 Å². The lowest BCUT2D eigenvalue weighted by molar-refractivity contribution is -0.116. The molecule has 0 spiro atoms. The van der Waals surface area contributed by atoms with E-state index in [1.807, 2.05) is 38.1 Å². The Kier molecular flexibility index (Phi) is 5.87. The topological polar surface area (TPSA) is 92.3 Å². The van der Waals surface area contributed by atoms with E-state index in [-0.39, 0.29) is 11.4 Å². The molecular formula is C19H20N4O3S2. The fraction of sp³-hybridized carbons (Fsp3) is 0.211. The van der Waals surface area contributed by atoms with Gasteiger partial charge in [-0.25, -0.2) is 8.42 Å². The van der Waals surface area contributed by atoms with Gasteiger partial charge in [-0.05, 0) is 26.0 Å². The molecule has 2 aromatic carbocycles. The minimum atomic E-state index is -3.75. The molecule has 0 aliphatic heterocycles. The van der Waals surface area contributed by atoms with E-state index in [4.69, 9.17) is 0 Å². The van der Waals surface area contributed by atoms with Gasteiger partial charge in [-0.15, -0.1) is 10.2 Å². The van der Waals surface area contributed by atoms with E-state index in [0.29, 0.717) is 10.1 Å². The Morgan fingerprint density at radius 2 is 1.57 bits per heavy atom. The van der Waals surface area contributed by atoms with Gasteiger partial charge in [-0.1, -0.05) is 58.9 Å². The van der Waals surface area contributed by atoms with Crippen molar-refractivity contribution in [3.8, 4) is 10.6 Å². The smallest absolute Gasteiger partial charge is 0.243 e. The molecule has 0 fully saturated rings. The Bertz CT molecular complexity index is 1080. The van der Waals surface area contributed by atoms with Gasteiger partial charge in [0.05, 0.1) is 11.4 Å². The summed E-state index contributed by atoms with van der Waals surface area (Å²) >= 11 is 1.23. The normalized spacial score (nSPS) is 11.6. The van der Waals surface area contributed by atoms with Crippen molar-refractivity contribution < 1.29 is 13.2 Å². The highest BCUT2D eigenvalue weighted by molar-refractivity contribution is 7.89. The zero-order valence-corrected chi connectivity index (χ0v) is 17.3. The first kappa shape index (κ1) is 20.1. The van der Waals surface area contributed by atoms with Crippen molar-refractivity contribution in [2.75, 3.05) is 18.9 Å². The average molecular weight is 417 g/mol. The number of sulfonamides is 1. The van der Waals surface area contributed by atoms with Gasteiger partial charge in [0.25, 0.3) is 0 Å². The third-order valence-electron chi connectivity index (χ3n) is 4.07. The standard InChI is InChI=1S/C19H20N4O3S2/c1-13-4-8-15(9-5-13)18-21-22-19(27-18)20-17(24)12-23(3)28(25,26)16-10-6-14(2)7-11-16/h4-11H,12H2,1-3H3,(H,20,22,24). The van der Waals surface area contributed by atoms with Crippen molar-refractivity contribution in [1.82, 2.24) is 14.5 Å². The molecular weight excluding hydrogens is 396 g/mol. The minimum absolute atomic E-state index is 0.144. The number of anilines is 1. The van der Waals surface area contributed by atoms with E-state index in [1.165, 1.54) is 30.5 Å². The molecule has 0 radical (unpaired) electrons. The lowest BCUT2D eigenvalue weighted by Gasteiger charge is -2.16. The molecule has 7 nitrogen and oxygen atoms in total. The number of aromatic nitrogens is 2. The van der Waals surface area contributed by atoms with Crippen molar-refractivity contribution in [3.05, 3.63) is 59.7 Å². The van der Waals surface area contributed by atoms with Gasteiger partial charge < -0.3 is 0 Å². The zero-order valence-electron chi connectivity index (χ0n) is 15.7. The Balaban J connectivity index is 1.65. The van der Waals surface area contributed by atoms with Crippen LogP contribution in [0.15, 0.2) is 53.4 Å². The fourth-order valence-electron chi connectivity index (χ4n) is 2.42. The highest BCUT2D eigenvalue weighted by atomic mass is 32.2. The number of hydrogen-bond donors (Lipinski definition) is 1. The molecule has 28 heavy (non-hydrogen) atoms. The van der Waals surface area contributed by atoms with E-state index >= 15 is 0 Å². The van der Waals surface area contributed by atoms with Crippen molar-refractivity contribution in [3.63, 3.8) is 0 Å². The number of benzene rings is 2. The summed E-state index contributed by atoms with van der Waals surface area (Å²) in [7, 11) is -2.38. The van der Waals surface area contributed by atoms with Crippen LogP contribution in [0.2, 0.25) is 0 Å². The van der Waals surface area contributed by atoms with Crippen LogP contribution in [-0.4, -0.2) is 42.4 Å². The molecule has 0 bridgehead atoms. The number of carbonyl (C=O) groups excluding carboxylic acids is 1. The van der Waals surface area contributed by atoms with Gasteiger partial charge in [-0.2, -0.15) is 4.31 Å². The third-order valence-corrected chi connectivity index (χ3v) is 6.77. The quantitative estimate of drug-likeness (QED) is 0.667. The molecule has 1 N–H and O–H groups in total. The monoisotopic (exact) mass is 416 g/mol. The molecule has 0 aliphatic carbocycles. The molecule has 1 aromatic heterocycles. The van der Waals surface area contributed by atoms with E-state index in [2.05, 4.69) is 15.5 Å². The highest BCUT2D eigenvalue weighted by Gasteiger charge is 2.23. The first-order valence-electron chi connectivity index (χ1n) is 8.49. The predicted octanol–water partition coefficient (Wildman–Crippen LogP) is 3.08. The number of nitrogens with zero attached hydrogens (tertiary/aromatic N) is 3. The van der Waals surface area contributed by atoms with Crippen LogP contribution < -0.4 is 5.32 Å². The Morgan fingerprint density at radius 1 is 1.00 bits per heavy atom. The maximum atomic E-state index is 12.6. The molecule has 0 unspecified atom stereocenters. The number of nitrogens with one attached hydrogen (secondary N) is 1. The highest BCUT2D eigenvalue weighted by Crippen LogP contribution is 2.26. The van der Waals surface area contributed by atoms with Gasteiger partial charge in [0.2, 0.25) is 21.1 Å². The van der Waals surface area contributed by atoms with Gasteiger partial charge in [0.15, 0.2) is 0 Å². The summed E-state index contributed by atoms with van der Waals surface area (Å²) in [6.07, 6.45) is 0. The number of rotatable bonds is 6. The fourth-order valence-corrected chi connectivity index (χ4v) is 4.32. The first-order valence-corrected chi connectivity index (χ1v) is 10.7. The van der Waals surface area contributed by atoms with E-state index in [9.17, 15) is 13.2 Å². The summed E-state index contributed by atoms with van der Waals surface area (Å²) in [6, 6.07) is 14.3. The maximum Gasteiger partial charge on any atom is 0.243 e. The van der Waals surface area contributed by atoms with E-state index < -0.39 is 15.9 Å². The van der Waals surface area contributed by atoms with Crippen molar-refractivity contribution in [1.29, 1.82) is 0 Å². The predicted molar refractivity (Wildman–Crippen MR) is 110 cm³/mol. The summed E-state index contributed by atoms with van der Waals surface area (Å²) in [5.74, 6) is -0.482. The van der Waals surface area contributed by atoms with Crippen LogP contribution in [0.3, 0.4) is 0 Å². The number of carbonyl (C=O) groups is 1. The molecule has 0 saturated heterocycles. The Labute approximate surface area is 168 Å². The maximum absolute atomic E-state index is 12.6. The SMILES string of the molecule is Cc1ccc(-c2nnc(NC(=O)CN(C)S(=O)(=O)c3ccc(C)cc3)s2)cc1. The molecule has 0 atom stereocenters. The van der Waals surface area contributed by atoms with Crippen LogP contribution in [0, 0.1) is 13.8 Å². The van der Waals surface area contributed by atoms with Crippen molar-refractivity contribution in [2.45, 2.75) is 18.7 Å². The summed E-state index contributed by atoms with van der Waals surface area (Å²) in [5, 5.41) is 11.6. The molecule has 0 saturated carbocycles. The van der Waals surface area contributed by atoms with Crippen LogP contribution in [0.25, 0.3) is 10.6 Å². The molecule has 0 aliphatic rings. The van der Waals surface area contributed by atoms with E-state index in [1.54, 1.807) is 12.1 Å².